The Hall–Kier alpha value is 1.26. The first-order chi connectivity index (χ1) is 4.00. The van der Waals surface area contributed by atoms with Crippen LogP contribution in [0.1, 0.15) is 0 Å². The molecule has 0 rings (SSSR count). The molecule has 0 spiro atoms. The molecule has 0 atom stereocenters. The second-order valence-corrected chi connectivity index (χ2v) is 2.81. The molecule has 2 N–H and O–H groups in total. The molecule has 0 aromatic heterocycles. The van der Waals surface area contributed by atoms with Crippen LogP contribution in [0.15, 0.2) is 0 Å². The van der Waals surface area contributed by atoms with Gasteiger partial charge in [0.1, 0.15) is 0 Å². The molecule has 0 aliphatic carbocycles. The van der Waals surface area contributed by atoms with E-state index in [1.807, 2.05) is 0 Å². The molecule has 0 aromatic carbocycles. The van der Waals surface area contributed by atoms with Crippen LogP contribution in [-0.2, 0) is 43.3 Å². The quantitative estimate of drug-likeness (QED) is 0.334. The van der Waals surface area contributed by atoms with Gasteiger partial charge >= 0.3 is 34.1 Å². The number of phosphoric acid groups is 2. The van der Waals surface area contributed by atoms with Crippen LogP contribution < -0.4 is 19.6 Å². The zero-order valence-electron chi connectivity index (χ0n) is 4.95. The van der Waals surface area contributed by atoms with Gasteiger partial charge in [-0.2, -0.15) is 7.82 Å². The van der Waals surface area contributed by atoms with E-state index in [0.717, 1.165) is 0 Å². The summed E-state index contributed by atoms with van der Waals surface area (Å²) in [5, 5.41) is 0. The first-order valence-electron chi connectivity index (χ1n) is 1.50. The van der Waals surface area contributed by atoms with Crippen molar-refractivity contribution in [3.63, 3.8) is 0 Å². The molecule has 0 bridgehead atoms. The second kappa shape index (κ2) is 8.84. The van der Waals surface area contributed by atoms with E-state index in [9.17, 15) is 0 Å². The fourth-order valence-corrected chi connectivity index (χ4v) is 0. The van der Waals surface area contributed by atoms with Gasteiger partial charge in [0.25, 0.3) is 7.82 Å². The van der Waals surface area contributed by atoms with Gasteiger partial charge in [-0.25, -0.2) is 0 Å². The standard InChI is InChI=1S/2Fe.2H3O4P/c;;2*1-5(2,3)4/h;;2*(H3,1,2,3,4)/q2*+2;;/p-4. The number of rotatable bonds is 0. The second-order valence-electron chi connectivity index (χ2n) is 0.938. The van der Waals surface area contributed by atoms with E-state index in [4.69, 9.17) is 38.5 Å². The summed E-state index contributed by atoms with van der Waals surface area (Å²) in [5.41, 5.74) is 0. The van der Waals surface area contributed by atoms with Crippen molar-refractivity contribution in [2.45, 2.75) is 0 Å². The van der Waals surface area contributed by atoms with Gasteiger partial charge in [0.05, 0.1) is 0 Å². The van der Waals surface area contributed by atoms with E-state index in [1.165, 1.54) is 0 Å². The van der Waals surface area contributed by atoms with Crippen molar-refractivity contribution in [2.75, 3.05) is 0 Å². The fourth-order valence-electron chi connectivity index (χ4n) is 0. The van der Waals surface area contributed by atoms with Gasteiger partial charge in [-0.3, -0.25) is 4.57 Å². The molecule has 0 saturated carbocycles. The van der Waals surface area contributed by atoms with Gasteiger partial charge in [-0.1, -0.05) is 0 Å². The molecule has 0 aromatic rings. The van der Waals surface area contributed by atoms with Gasteiger partial charge in [0.15, 0.2) is 0 Å². The van der Waals surface area contributed by atoms with Crippen LogP contribution in [0.5, 0.6) is 0 Å². The normalized spacial score (nSPS) is 9.83. The molecule has 0 heterocycles. The zero-order valence-corrected chi connectivity index (χ0v) is 8.94. The van der Waals surface area contributed by atoms with Crippen LogP contribution in [0, 0.1) is 0 Å². The largest absolute Gasteiger partial charge is 2.00 e. The monoisotopic (exact) mass is 304 g/mol. The van der Waals surface area contributed by atoms with Crippen LogP contribution >= 0.6 is 15.6 Å². The Labute approximate surface area is 88.4 Å². The Morgan fingerprint density at radius 3 is 0.833 bits per heavy atom. The summed E-state index contributed by atoms with van der Waals surface area (Å²) in [6.45, 7) is 0. The van der Waals surface area contributed by atoms with Crippen molar-refractivity contribution < 1.29 is 72.6 Å². The first-order valence-corrected chi connectivity index (χ1v) is 4.49. The molecule has 12 heteroatoms. The average Bonchev–Trinajstić information content (AvgIpc) is 1.12. The smallest absolute Gasteiger partial charge is 0.822 e. The predicted octanol–water partition coefficient (Wildman–Crippen LogP) is -4.39. The Morgan fingerprint density at radius 1 is 0.833 bits per heavy atom. The maximum atomic E-state index is 8.77. The molecule has 0 saturated heterocycles. The maximum Gasteiger partial charge on any atom is 2.00 e. The van der Waals surface area contributed by atoms with E-state index in [1.54, 1.807) is 0 Å². The van der Waals surface area contributed by atoms with Gasteiger partial charge in [0, 0.05) is 0 Å². The third-order valence-electron chi connectivity index (χ3n) is 0. The van der Waals surface area contributed by atoms with E-state index >= 15 is 0 Å². The summed E-state index contributed by atoms with van der Waals surface area (Å²) >= 11 is 0. The van der Waals surface area contributed by atoms with Crippen LogP contribution in [0.4, 0.5) is 0 Å². The first kappa shape index (κ1) is 23.2. The molecule has 0 aliphatic rings. The van der Waals surface area contributed by atoms with Gasteiger partial charge in [-0.15, -0.1) is 0 Å². The molecule has 0 aliphatic heterocycles. The van der Waals surface area contributed by atoms with E-state index in [2.05, 4.69) is 0 Å². The molecule has 0 fully saturated rings. The van der Waals surface area contributed by atoms with Crippen molar-refractivity contribution >= 4 is 15.6 Å². The van der Waals surface area contributed by atoms with E-state index < -0.39 is 15.6 Å². The minimum Gasteiger partial charge on any atom is -0.822 e. The van der Waals surface area contributed by atoms with Crippen molar-refractivity contribution in [1.82, 2.24) is 0 Å². The van der Waals surface area contributed by atoms with E-state index in [-0.39, 0.29) is 34.1 Å². The Morgan fingerprint density at radius 2 is 0.833 bits per heavy atom. The van der Waals surface area contributed by atoms with Gasteiger partial charge in [0.2, 0.25) is 0 Å². The average molecular weight is 304 g/mol. The number of hydrogen-bond acceptors (Lipinski definition) is 6. The van der Waals surface area contributed by atoms with Crippen molar-refractivity contribution in [3.8, 4) is 0 Å². The molecule has 0 amide bonds. The van der Waals surface area contributed by atoms with Crippen molar-refractivity contribution in [3.05, 3.63) is 0 Å². The van der Waals surface area contributed by atoms with Crippen LogP contribution in [0.2, 0.25) is 0 Å². The molecule has 12 heavy (non-hydrogen) atoms. The topological polar surface area (TPSA) is 167 Å². The van der Waals surface area contributed by atoms with Crippen LogP contribution in [-0.4, -0.2) is 9.79 Å². The van der Waals surface area contributed by atoms with Crippen molar-refractivity contribution in [1.29, 1.82) is 0 Å². The molecule has 0 radical (unpaired) electrons. The van der Waals surface area contributed by atoms with Crippen LogP contribution in [0.3, 0.4) is 0 Å². The minimum absolute atomic E-state index is 0. The van der Waals surface area contributed by atoms with Crippen LogP contribution in [0.25, 0.3) is 0 Å². The third kappa shape index (κ3) is 748. The Kier molecular flexibility index (Phi) is 17.1. The maximum absolute atomic E-state index is 8.77. The van der Waals surface area contributed by atoms with Crippen molar-refractivity contribution in [2.24, 2.45) is 0 Å². The fraction of sp³-hybridized carbons (Fsp3) is 0. The minimum atomic E-state index is -5.39. The summed E-state index contributed by atoms with van der Waals surface area (Å²) in [6, 6.07) is 0. The molecular weight excluding hydrogens is 302 g/mol. The summed E-state index contributed by atoms with van der Waals surface area (Å²) in [5.74, 6) is 0. The summed E-state index contributed by atoms with van der Waals surface area (Å²) in [7, 11) is -10.3. The third-order valence-corrected chi connectivity index (χ3v) is 0. The Bertz CT molecular complexity index is 127. The summed E-state index contributed by atoms with van der Waals surface area (Å²) in [6.07, 6.45) is 0. The molecular formula is H2Fe2O8P2. The number of hydrogen-bond donors (Lipinski definition) is 2. The van der Waals surface area contributed by atoms with Gasteiger partial charge in [-0.05, 0) is 0 Å². The molecule has 0 unspecified atom stereocenters. The van der Waals surface area contributed by atoms with E-state index in [0.29, 0.717) is 0 Å². The summed E-state index contributed by atoms with van der Waals surface area (Å²) < 4.78 is 17.3. The Balaban J connectivity index is -0.0000000457. The molecule has 76 valence electrons. The summed E-state index contributed by atoms with van der Waals surface area (Å²) in [4.78, 5) is 48.6. The van der Waals surface area contributed by atoms with Gasteiger partial charge < -0.3 is 33.9 Å². The molecule has 8 nitrogen and oxygen atoms in total. The SMILES string of the molecule is O=P([O-])(O)O.O=P([O-])([O-])[O-].[Fe+2].[Fe+2]. The predicted molar refractivity (Wildman–Crippen MR) is 19.7 cm³/mol. The zero-order chi connectivity index (χ0) is 9.00.